The Morgan fingerprint density at radius 1 is 1.09 bits per heavy atom. The van der Waals surface area contributed by atoms with Gasteiger partial charge < -0.3 is 10.2 Å². The predicted molar refractivity (Wildman–Crippen MR) is 83.9 cm³/mol. The fourth-order valence-electron chi connectivity index (χ4n) is 6.75. The maximum atomic E-state index is 11.8. The smallest absolute Gasteiger partial charge is 0.161 e. The number of aliphatic hydroxyl groups excluding tert-OH is 1. The van der Waals surface area contributed by atoms with E-state index in [1.54, 1.807) is 6.08 Å². The first-order valence-corrected chi connectivity index (χ1v) is 9.07. The number of rotatable bonds is 1. The molecule has 3 saturated carbocycles. The molecule has 2 N–H and O–H groups in total. The molecule has 4 rings (SSSR count). The zero-order valence-electron chi connectivity index (χ0n) is 13.6. The monoisotopic (exact) mass is 304 g/mol. The van der Waals surface area contributed by atoms with Crippen LogP contribution in [0.15, 0.2) is 11.6 Å². The van der Waals surface area contributed by atoms with Gasteiger partial charge in [-0.3, -0.25) is 4.79 Å². The van der Waals surface area contributed by atoms with E-state index in [-0.39, 0.29) is 5.78 Å². The molecule has 0 spiro atoms. The zero-order chi connectivity index (χ0) is 15.5. The van der Waals surface area contributed by atoms with Crippen LogP contribution in [0.2, 0.25) is 0 Å². The minimum absolute atomic E-state index is 0.172. The summed E-state index contributed by atoms with van der Waals surface area (Å²) in [7, 11) is 0. The van der Waals surface area contributed by atoms with Crippen LogP contribution in [0.3, 0.4) is 0 Å². The van der Waals surface area contributed by atoms with Gasteiger partial charge in [-0.15, -0.1) is 0 Å². The van der Waals surface area contributed by atoms with Crippen molar-refractivity contribution >= 4 is 5.78 Å². The van der Waals surface area contributed by atoms with Crippen LogP contribution >= 0.6 is 0 Å². The van der Waals surface area contributed by atoms with Gasteiger partial charge in [0.2, 0.25) is 0 Å². The predicted octanol–water partition coefficient (Wildman–Crippen LogP) is 3.20. The first-order chi connectivity index (χ1) is 10.5. The third-order valence-corrected chi connectivity index (χ3v) is 7.81. The molecular formula is C19H28O3. The minimum atomic E-state index is -1.31. The van der Waals surface area contributed by atoms with Crippen molar-refractivity contribution in [3.63, 3.8) is 0 Å². The maximum absolute atomic E-state index is 11.8. The Bertz CT molecular complexity index is 523. The van der Waals surface area contributed by atoms with Gasteiger partial charge in [0.05, 0.1) is 0 Å². The lowest BCUT2D eigenvalue weighted by Crippen LogP contribution is -2.55. The van der Waals surface area contributed by atoms with Crippen LogP contribution < -0.4 is 0 Å². The second-order valence-electron chi connectivity index (χ2n) is 8.55. The Labute approximate surface area is 132 Å². The van der Waals surface area contributed by atoms with E-state index in [1.807, 2.05) is 0 Å². The Morgan fingerprint density at radius 3 is 2.68 bits per heavy atom. The van der Waals surface area contributed by atoms with E-state index in [1.165, 1.54) is 25.7 Å². The van der Waals surface area contributed by atoms with Gasteiger partial charge in [0.25, 0.3) is 0 Å². The van der Waals surface area contributed by atoms with Crippen LogP contribution in [0.4, 0.5) is 0 Å². The number of hydrogen-bond acceptors (Lipinski definition) is 3. The molecule has 5 atom stereocenters. The molecule has 0 heterocycles. The average Bonchev–Trinajstić information content (AvgIpc) is 2.88. The summed E-state index contributed by atoms with van der Waals surface area (Å²) in [6.45, 7) is 2.46. The molecule has 0 aromatic heterocycles. The van der Waals surface area contributed by atoms with E-state index in [2.05, 4.69) is 6.92 Å². The highest BCUT2D eigenvalue weighted by Gasteiger charge is 2.59. The van der Waals surface area contributed by atoms with Crippen LogP contribution in [0.1, 0.15) is 64.7 Å². The van der Waals surface area contributed by atoms with Crippen LogP contribution in [-0.4, -0.2) is 22.3 Å². The van der Waals surface area contributed by atoms with Crippen LogP contribution in [0.25, 0.3) is 0 Å². The Morgan fingerprint density at radius 2 is 1.91 bits per heavy atom. The molecule has 3 heteroatoms. The zero-order valence-corrected chi connectivity index (χ0v) is 13.6. The number of aliphatic hydroxyl groups is 2. The fourth-order valence-corrected chi connectivity index (χ4v) is 6.75. The van der Waals surface area contributed by atoms with E-state index < -0.39 is 11.7 Å². The van der Waals surface area contributed by atoms with E-state index in [4.69, 9.17) is 0 Å². The maximum Gasteiger partial charge on any atom is 0.161 e. The summed E-state index contributed by atoms with van der Waals surface area (Å²) in [5, 5.41) is 20.6. The lowest BCUT2D eigenvalue weighted by atomic mass is 9.47. The SMILES string of the molecule is C[C@@]12CCC[C@H]1[C@@H]1CCC3=CC(=O)CC[C@]3(C(O)O)[C@@H]1CC2. The topological polar surface area (TPSA) is 57.5 Å². The number of ketones is 1. The van der Waals surface area contributed by atoms with E-state index in [0.717, 1.165) is 30.8 Å². The highest BCUT2D eigenvalue weighted by Crippen LogP contribution is 2.65. The highest BCUT2D eigenvalue weighted by molar-refractivity contribution is 5.91. The van der Waals surface area contributed by atoms with Gasteiger partial charge in [0.15, 0.2) is 12.1 Å². The second kappa shape index (κ2) is 4.91. The van der Waals surface area contributed by atoms with Crippen LogP contribution in [0.5, 0.6) is 0 Å². The third-order valence-electron chi connectivity index (χ3n) is 7.81. The highest BCUT2D eigenvalue weighted by atomic mass is 16.5. The van der Waals surface area contributed by atoms with Gasteiger partial charge in [0, 0.05) is 11.8 Å². The summed E-state index contributed by atoms with van der Waals surface area (Å²) in [4.78, 5) is 11.8. The van der Waals surface area contributed by atoms with Crippen molar-refractivity contribution in [1.29, 1.82) is 0 Å². The number of fused-ring (bicyclic) bond motifs is 5. The van der Waals surface area contributed by atoms with E-state index >= 15 is 0 Å². The van der Waals surface area contributed by atoms with Crippen molar-refractivity contribution in [3.8, 4) is 0 Å². The van der Waals surface area contributed by atoms with Crippen molar-refractivity contribution < 1.29 is 15.0 Å². The van der Waals surface area contributed by atoms with Gasteiger partial charge in [-0.05, 0) is 74.2 Å². The van der Waals surface area contributed by atoms with Gasteiger partial charge in [0.1, 0.15) is 0 Å². The molecule has 3 nitrogen and oxygen atoms in total. The van der Waals surface area contributed by atoms with Crippen molar-refractivity contribution in [2.75, 3.05) is 0 Å². The van der Waals surface area contributed by atoms with E-state index in [9.17, 15) is 15.0 Å². The Balaban J connectivity index is 1.75. The summed E-state index contributed by atoms with van der Waals surface area (Å²) in [6, 6.07) is 0. The van der Waals surface area contributed by atoms with Gasteiger partial charge >= 0.3 is 0 Å². The van der Waals surface area contributed by atoms with Gasteiger partial charge in [-0.2, -0.15) is 0 Å². The second-order valence-corrected chi connectivity index (χ2v) is 8.55. The number of carbonyl (C=O) groups excluding carboxylic acids is 1. The molecule has 122 valence electrons. The van der Waals surface area contributed by atoms with Crippen LogP contribution in [-0.2, 0) is 4.79 Å². The molecule has 0 saturated heterocycles. The van der Waals surface area contributed by atoms with Crippen LogP contribution in [0, 0.1) is 28.6 Å². The largest absolute Gasteiger partial charge is 0.367 e. The quantitative estimate of drug-likeness (QED) is 0.731. The fraction of sp³-hybridized carbons (Fsp3) is 0.842. The summed E-state index contributed by atoms with van der Waals surface area (Å²) < 4.78 is 0. The standard InChI is InChI=1S/C19H28O3/c1-18-8-2-3-15(18)14-5-4-12-11-13(20)6-10-19(12,17(21)22)16(14)7-9-18/h11,14-17,21-22H,2-10H2,1H3/t14-,15-,16+,18-,19+/m0/s1. The normalized spacial score (nSPS) is 47.7. The Kier molecular flexibility index (Phi) is 3.32. The minimum Gasteiger partial charge on any atom is -0.367 e. The lowest BCUT2D eigenvalue weighted by molar-refractivity contribution is -0.183. The average molecular weight is 304 g/mol. The lowest BCUT2D eigenvalue weighted by Gasteiger charge is -2.58. The molecule has 4 aliphatic carbocycles. The molecule has 0 unspecified atom stereocenters. The molecule has 0 aromatic rings. The molecule has 3 fully saturated rings. The van der Waals surface area contributed by atoms with Crippen molar-refractivity contribution in [2.45, 2.75) is 71.0 Å². The first kappa shape index (κ1) is 14.9. The summed E-state index contributed by atoms with van der Waals surface area (Å²) in [5.74, 6) is 1.90. The van der Waals surface area contributed by atoms with Crippen molar-refractivity contribution in [1.82, 2.24) is 0 Å². The molecule has 0 amide bonds. The third kappa shape index (κ3) is 1.85. The molecule has 22 heavy (non-hydrogen) atoms. The number of carbonyl (C=O) groups is 1. The molecule has 0 aliphatic heterocycles. The molecular weight excluding hydrogens is 276 g/mol. The molecule has 0 aromatic carbocycles. The van der Waals surface area contributed by atoms with Gasteiger partial charge in [-0.25, -0.2) is 0 Å². The summed E-state index contributed by atoms with van der Waals surface area (Å²) in [6.07, 6.45) is 9.88. The molecule has 0 radical (unpaired) electrons. The molecule has 0 bridgehead atoms. The number of hydrogen-bond donors (Lipinski definition) is 2. The van der Waals surface area contributed by atoms with Crippen molar-refractivity contribution in [3.05, 3.63) is 11.6 Å². The first-order valence-electron chi connectivity index (χ1n) is 9.07. The summed E-state index contributed by atoms with van der Waals surface area (Å²) in [5.41, 5.74) is 0.997. The van der Waals surface area contributed by atoms with Gasteiger partial charge in [-0.1, -0.05) is 18.9 Å². The van der Waals surface area contributed by atoms with E-state index in [0.29, 0.717) is 30.1 Å². The Hall–Kier alpha value is -0.670. The van der Waals surface area contributed by atoms with Crippen molar-refractivity contribution in [2.24, 2.45) is 28.6 Å². The molecule has 4 aliphatic rings. The summed E-state index contributed by atoms with van der Waals surface area (Å²) >= 11 is 0.